The minimum absolute atomic E-state index is 0.0235. The lowest BCUT2D eigenvalue weighted by Crippen LogP contribution is -2.45. The zero-order valence-corrected chi connectivity index (χ0v) is 56.2. The normalized spacial score (nSPS) is 12.7. The molecule has 6 nitrogen and oxygen atoms in total. The van der Waals surface area contributed by atoms with Gasteiger partial charge in [0.2, 0.25) is 5.91 Å². The van der Waals surface area contributed by atoms with Crippen LogP contribution in [0.15, 0.2) is 36.5 Å². The summed E-state index contributed by atoms with van der Waals surface area (Å²) in [4.78, 5) is 24.5. The summed E-state index contributed by atoms with van der Waals surface area (Å²) in [5.41, 5.74) is 0. The zero-order valence-electron chi connectivity index (χ0n) is 56.2. The van der Waals surface area contributed by atoms with Gasteiger partial charge in [-0.1, -0.05) is 378 Å². The molecule has 0 heterocycles. The van der Waals surface area contributed by atoms with Gasteiger partial charge in [0, 0.05) is 12.8 Å². The van der Waals surface area contributed by atoms with Gasteiger partial charge in [-0.15, -0.1) is 0 Å². The van der Waals surface area contributed by atoms with Crippen LogP contribution in [0.2, 0.25) is 0 Å². The van der Waals surface area contributed by atoms with Crippen LogP contribution in [-0.4, -0.2) is 47.4 Å². The second-order valence-corrected chi connectivity index (χ2v) is 26.0. The smallest absolute Gasteiger partial charge is 0.305 e. The summed E-state index contributed by atoms with van der Waals surface area (Å²) in [7, 11) is 0. The Morgan fingerprint density at radius 1 is 0.337 bits per heavy atom. The molecule has 83 heavy (non-hydrogen) atoms. The maximum absolute atomic E-state index is 12.5. The summed E-state index contributed by atoms with van der Waals surface area (Å²) < 4.78 is 5.50. The van der Waals surface area contributed by atoms with Crippen molar-refractivity contribution in [1.29, 1.82) is 0 Å². The Labute approximate surface area is 519 Å². The first-order chi connectivity index (χ1) is 41.0. The monoisotopic (exact) mass is 1170 g/mol. The number of esters is 1. The molecule has 3 N–H and O–H groups in total. The number of carbonyl (C=O) groups is 2. The van der Waals surface area contributed by atoms with E-state index in [2.05, 4.69) is 43.5 Å². The molecule has 0 aromatic heterocycles. The highest BCUT2D eigenvalue weighted by Crippen LogP contribution is 2.19. The van der Waals surface area contributed by atoms with Crippen molar-refractivity contribution in [2.75, 3.05) is 13.2 Å². The molecule has 2 atom stereocenters. The van der Waals surface area contributed by atoms with Gasteiger partial charge in [0.15, 0.2) is 0 Å². The average molecular weight is 1170 g/mol. The van der Waals surface area contributed by atoms with Gasteiger partial charge in [0.1, 0.15) is 0 Å². The average Bonchev–Trinajstić information content (AvgIpc) is 3.49. The molecule has 0 radical (unpaired) electrons. The van der Waals surface area contributed by atoms with E-state index in [1.165, 1.54) is 347 Å². The molecule has 0 aromatic carbocycles. The highest BCUT2D eigenvalue weighted by molar-refractivity contribution is 5.76. The topological polar surface area (TPSA) is 95.9 Å². The van der Waals surface area contributed by atoms with Crippen LogP contribution in [-0.2, 0) is 14.3 Å². The van der Waals surface area contributed by atoms with Crippen LogP contribution < -0.4 is 5.32 Å². The van der Waals surface area contributed by atoms with Crippen molar-refractivity contribution >= 4 is 11.9 Å². The number of unbranched alkanes of at least 4 members (excludes halogenated alkanes) is 56. The predicted molar refractivity (Wildman–Crippen MR) is 366 cm³/mol. The maximum atomic E-state index is 12.5. The summed E-state index contributed by atoms with van der Waals surface area (Å²) in [5, 5.41) is 23.1. The van der Waals surface area contributed by atoms with Crippen LogP contribution in [0.25, 0.3) is 0 Å². The number of aliphatic hydroxyl groups excluding tert-OH is 2. The fourth-order valence-corrected chi connectivity index (χ4v) is 11.9. The highest BCUT2D eigenvalue weighted by Gasteiger charge is 2.18. The van der Waals surface area contributed by atoms with Crippen molar-refractivity contribution in [3.8, 4) is 0 Å². The second-order valence-electron chi connectivity index (χ2n) is 26.0. The van der Waals surface area contributed by atoms with Gasteiger partial charge in [0.05, 0.1) is 25.4 Å². The quantitative estimate of drug-likeness (QED) is 0.0320. The number of rotatable bonds is 71. The van der Waals surface area contributed by atoms with Crippen molar-refractivity contribution in [2.45, 2.75) is 431 Å². The lowest BCUT2D eigenvalue weighted by Gasteiger charge is -2.20. The fraction of sp³-hybridized carbons (Fsp3) is 0.896. The first kappa shape index (κ1) is 81.1. The number of amides is 1. The van der Waals surface area contributed by atoms with E-state index in [0.29, 0.717) is 19.4 Å². The van der Waals surface area contributed by atoms with Gasteiger partial charge in [-0.05, 0) is 64.2 Å². The molecule has 0 spiro atoms. The Morgan fingerprint density at radius 3 is 0.916 bits per heavy atom. The lowest BCUT2D eigenvalue weighted by atomic mass is 10.0. The highest BCUT2D eigenvalue weighted by atomic mass is 16.5. The third kappa shape index (κ3) is 69.1. The SMILES string of the molecule is CCCCCCCCCCCC/C=C/C(O)C(CO)NC(=O)CCCCCCCCCCCCCCCCCCC/C=C\C/C=C\CCCCCCCCCCCCCCCCCOC(=O)CCCCCCCCCCCCCCCCC. The summed E-state index contributed by atoms with van der Waals surface area (Å²) in [6.07, 6.45) is 94.1. The maximum Gasteiger partial charge on any atom is 0.305 e. The number of hydrogen-bond donors (Lipinski definition) is 3. The minimum atomic E-state index is -0.841. The van der Waals surface area contributed by atoms with E-state index in [4.69, 9.17) is 4.74 Å². The van der Waals surface area contributed by atoms with Gasteiger partial charge in [-0.3, -0.25) is 9.59 Å². The number of aliphatic hydroxyl groups is 2. The predicted octanol–water partition coefficient (Wildman–Crippen LogP) is 24.7. The van der Waals surface area contributed by atoms with Crippen LogP contribution in [0.4, 0.5) is 0 Å². The molecule has 0 aliphatic heterocycles. The van der Waals surface area contributed by atoms with Crippen LogP contribution >= 0.6 is 0 Å². The van der Waals surface area contributed by atoms with Crippen molar-refractivity contribution in [1.82, 2.24) is 5.32 Å². The summed E-state index contributed by atoms with van der Waals surface area (Å²) >= 11 is 0. The molecule has 490 valence electrons. The van der Waals surface area contributed by atoms with Crippen LogP contribution in [0.1, 0.15) is 418 Å². The van der Waals surface area contributed by atoms with Gasteiger partial charge < -0.3 is 20.3 Å². The number of ether oxygens (including phenoxy) is 1. The lowest BCUT2D eigenvalue weighted by molar-refractivity contribution is -0.143. The minimum Gasteiger partial charge on any atom is -0.466 e. The van der Waals surface area contributed by atoms with E-state index in [0.717, 1.165) is 44.9 Å². The summed E-state index contributed by atoms with van der Waals surface area (Å²) in [6, 6.07) is -0.624. The van der Waals surface area contributed by atoms with Crippen LogP contribution in [0.3, 0.4) is 0 Å². The van der Waals surface area contributed by atoms with E-state index in [1.807, 2.05) is 6.08 Å². The molecule has 1 amide bonds. The van der Waals surface area contributed by atoms with Gasteiger partial charge in [-0.2, -0.15) is 0 Å². The number of allylic oxidation sites excluding steroid dienone is 5. The molecule has 0 fully saturated rings. The second kappa shape index (κ2) is 72.6. The van der Waals surface area contributed by atoms with Gasteiger partial charge in [0.25, 0.3) is 0 Å². The molecular weight excluding hydrogens is 1020 g/mol. The van der Waals surface area contributed by atoms with Gasteiger partial charge in [-0.25, -0.2) is 0 Å². The van der Waals surface area contributed by atoms with E-state index in [9.17, 15) is 19.8 Å². The molecule has 0 aliphatic rings. The number of nitrogens with one attached hydrogen (secondary N) is 1. The van der Waals surface area contributed by atoms with E-state index in [-0.39, 0.29) is 18.5 Å². The summed E-state index contributed by atoms with van der Waals surface area (Å²) in [6.45, 7) is 4.93. The van der Waals surface area contributed by atoms with Crippen molar-refractivity contribution in [3.05, 3.63) is 36.5 Å². The Morgan fingerprint density at radius 2 is 0.602 bits per heavy atom. The molecule has 6 heteroatoms. The first-order valence-electron chi connectivity index (χ1n) is 37.8. The van der Waals surface area contributed by atoms with E-state index >= 15 is 0 Å². The molecule has 0 rings (SSSR count). The largest absolute Gasteiger partial charge is 0.466 e. The van der Waals surface area contributed by atoms with Crippen LogP contribution in [0.5, 0.6) is 0 Å². The third-order valence-corrected chi connectivity index (χ3v) is 17.7. The Hall–Kier alpha value is -1.92. The van der Waals surface area contributed by atoms with Crippen LogP contribution in [0, 0.1) is 0 Å². The molecule has 0 aromatic rings. The van der Waals surface area contributed by atoms with Crippen molar-refractivity contribution in [3.63, 3.8) is 0 Å². The first-order valence-corrected chi connectivity index (χ1v) is 37.8. The standard InChI is InChI=1S/C77H147NO5/c1-3-5-7-9-11-13-15-17-43-47-51-55-59-63-67-71-77(82)83-72-68-64-60-56-52-48-45-42-40-38-36-34-32-30-28-26-24-22-20-18-19-21-23-25-27-29-31-33-35-37-39-41-44-46-50-54-58-62-66-70-76(81)78-74(73-79)75(80)69-65-61-57-53-49-16-14-12-10-8-6-4-2/h18-19,22,24,65,69,74-75,79-80H,3-17,20-21,23,25-64,66-68,70-73H2,1-2H3,(H,78,81)/b19-18-,24-22-,69-65+. The molecular formula is C77H147NO5. The van der Waals surface area contributed by atoms with E-state index in [1.54, 1.807) is 6.08 Å². The number of hydrogen-bond acceptors (Lipinski definition) is 5. The van der Waals surface area contributed by atoms with Gasteiger partial charge >= 0.3 is 5.97 Å². The fourth-order valence-electron chi connectivity index (χ4n) is 11.9. The Bertz CT molecular complexity index is 1340. The molecule has 0 saturated carbocycles. The Kier molecular flexibility index (Phi) is 70.9. The molecule has 2 unspecified atom stereocenters. The Balaban J connectivity index is 3.34. The summed E-state index contributed by atoms with van der Waals surface area (Å²) in [5.74, 6) is -0.0404. The molecule has 0 aliphatic carbocycles. The molecule has 0 bridgehead atoms. The van der Waals surface area contributed by atoms with Crippen molar-refractivity contribution in [2.24, 2.45) is 0 Å². The van der Waals surface area contributed by atoms with Crippen molar-refractivity contribution < 1.29 is 24.5 Å². The number of carbonyl (C=O) groups excluding carboxylic acids is 2. The van der Waals surface area contributed by atoms with E-state index < -0.39 is 12.1 Å². The zero-order chi connectivity index (χ0) is 59.9. The third-order valence-electron chi connectivity index (χ3n) is 17.7. The molecule has 0 saturated heterocycles.